The van der Waals surface area contributed by atoms with Crippen molar-refractivity contribution >= 4 is 26.9 Å². The summed E-state index contributed by atoms with van der Waals surface area (Å²) >= 11 is -0.107. The van der Waals surface area contributed by atoms with Crippen molar-refractivity contribution in [1.82, 2.24) is 5.06 Å². The Bertz CT molecular complexity index is 457. The predicted octanol–water partition coefficient (Wildman–Crippen LogP) is 1.65. The van der Waals surface area contributed by atoms with Gasteiger partial charge in [0.1, 0.15) is 0 Å². The van der Waals surface area contributed by atoms with Crippen LogP contribution in [-0.4, -0.2) is 39.1 Å². The van der Waals surface area contributed by atoms with E-state index in [4.69, 9.17) is 4.84 Å². The first kappa shape index (κ1) is 12.3. The Kier molecular flexibility index (Phi) is 3.33. The van der Waals surface area contributed by atoms with Gasteiger partial charge in [0.2, 0.25) is 0 Å². The molecule has 17 heavy (non-hydrogen) atoms. The average Bonchev–Trinajstić information content (AvgIpc) is 2.33. The quantitative estimate of drug-likeness (QED) is 0.779. The van der Waals surface area contributed by atoms with Crippen molar-refractivity contribution in [2.75, 3.05) is 7.11 Å². The van der Waals surface area contributed by atoms with E-state index in [1.807, 2.05) is 44.2 Å². The van der Waals surface area contributed by atoms with Gasteiger partial charge in [0.05, 0.1) is 0 Å². The van der Waals surface area contributed by atoms with Crippen LogP contribution in [0.2, 0.25) is 4.31 Å². The number of hydrogen-bond acceptors (Lipinski definition) is 3. The summed E-state index contributed by atoms with van der Waals surface area (Å²) in [5.74, 6) is 0.575. The van der Waals surface area contributed by atoms with Crippen molar-refractivity contribution in [2.45, 2.75) is 18.2 Å². The number of nitrogens with zero attached hydrogens (tertiary/aromatic N) is 2. The zero-order chi connectivity index (χ0) is 12.5. The van der Waals surface area contributed by atoms with Crippen LogP contribution in [0.15, 0.2) is 34.3 Å². The van der Waals surface area contributed by atoms with Gasteiger partial charge in [-0.2, -0.15) is 0 Å². The normalized spacial score (nSPS) is 19.1. The number of benzene rings is 1. The van der Waals surface area contributed by atoms with E-state index in [0.29, 0.717) is 5.84 Å². The SMILES string of the molecule is CON1C(=O)C(C)(C)[Se]N=C1c1ccccc1. The second-order valence-electron chi connectivity index (χ2n) is 4.16. The van der Waals surface area contributed by atoms with Gasteiger partial charge in [-0.1, -0.05) is 0 Å². The first-order chi connectivity index (χ1) is 8.06. The summed E-state index contributed by atoms with van der Waals surface area (Å²) in [6.07, 6.45) is 0. The minimum absolute atomic E-state index is 0.0335. The zero-order valence-corrected chi connectivity index (χ0v) is 11.7. The molecule has 1 amide bonds. The monoisotopic (exact) mass is 298 g/mol. The summed E-state index contributed by atoms with van der Waals surface area (Å²) in [5.41, 5.74) is 0.903. The topological polar surface area (TPSA) is 41.9 Å². The molecule has 1 heterocycles. The summed E-state index contributed by atoms with van der Waals surface area (Å²) in [4.78, 5) is 17.4. The molecule has 2 rings (SSSR count). The summed E-state index contributed by atoms with van der Waals surface area (Å²) in [6.45, 7) is 3.79. The molecule has 1 aliphatic heterocycles. The molecular weight excluding hydrogens is 283 g/mol. The van der Waals surface area contributed by atoms with Gasteiger partial charge in [-0.05, 0) is 0 Å². The molecule has 0 aromatic heterocycles. The van der Waals surface area contributed by atoms with Crippen molar-refractivity contribution in [1.29, 1.82) is 0 Å². The second kappa shape index (κ2) is 4.61. The Balaban J connectivity index is 2.41. The van der Waals surface area contributed by atoms with E-state index in [9.17, 15) is 4.79 Å². The number of amidine groups is 1. The maximum atomic E-state index is 12.2. The third kappa shape index (κ3) is 2.27. The van der Waals surface area contributed by atoms with Crippen LogP contribution in [-0.2, 0) is 9.63 Å². The first-order valence-electron chi connectivity index (χ1n) is 5.26. The minimum atomic E-state index is -0.443. The van der Waals surface area contributed by atoms with E-state index in [0.717, 1.165) is 5.56 Å². The molecule has 0 fully saturated rings. The number of hydroxylamine groups is 2. The predicted molar refractivity (Wildman–Crippen MR) is 66.6 cm³/mol. The van der Waals surface area contributed by atoms with E-state index < -0.39 is 4.31 Å². The third-order valence-corrected chi connectivity index (χ3v) is 4.35. The molecule has 1 aliphatic rings. The Hall–Kier alpha value is -1.16. The summed E-state index contributed by atoms with van der Waals surface area (Å²) in [6, 6.07) is 9.62. The Morgan fingerprint density at radius 2 is 1.94 bits per heavy atom. The van der Waals surface area contributed by atoms with Crippen LogP contribution in [0.1, 0.15) is 19.4 Å². The Morgan fingerprint density at radius 1 is 1.29 bits per heavy atom. The molecule has 0 radical (unpaired) electrons. The van der Waals surface area contributed by atoms with E-state index in [1.54, 1.807) is 0 Å². The van der Waals surface area contributed by atoms with E-state index in [2.05, 4.69) is 4.01 Å². The fourth-order valence-electron chi connectivity index (χ4n) is 1.50. The van der Waals surface area contributed by atoms with Gasteiger partial charge in [-0.25, -0.2) is 0 Å². The molecule has 0 N–H and O–H groups in total. The second-order valence-corrected chi connectivity index (χ2v) is 7.07. The number of carbonyl (C=O) groups excluding carboxylic acids is 1. The van der Waals surface area contributed by atoms with Crippen LogP contribution in [0, 0.1) is 0 Å². The van der Waals surface area contributed by atoms with Crippen LogP contribution in [0.3, 0.4) is 0 Å². The number of amides is 1. The molecule has 0 spiro atoms. The fraction of sp³-hybridized carbons (Fsp3) is 0.333. The molecule has 0 unspecified atom stereocenters. The molecule has 5 heteroatoms. The van der Waals surface area contributed by atoms with Crippen molar-refractivity contribution in [2.24, 2.45) is 4.01 Å². The van der Waals surface area contributed by atoms with Gasteiger partial charge in [0, 0.05) is 0 Å². The molecule has 1 aromatic carbocycles. The van der Waals surface area contributed by atoms with Gasteiger partial charge in [0.15, 0.2) is 0 Å². The Morgan fingerprint density at radius 3 is 2.53 bits per heavy atom. The van der Waals surface area contributed by atoms with Crippen molar-refractivity contribution in [3.63, 3.8) is 0 Å². The van der Waals surface area contributed by atoms with E-state index >= 15 is 0 Å². The van der Waals surface area contributed by atoms with Crippen molar-refractivity contribution < 1.29 is 9.63 Å². The standard InChI is InChI=1S/C12H14N2O2Se/c1-12(2)11(15)14(16-3)10(13-17-12)9-7-5-4-6-8-9/h4-8H,1-3H3. The van der Waals surface area contributed by atoms with Crippen LogP contribution < -0.4 is 0 Å². The molecule has 0 saturated carbocycles. The number of carbonyl (C=O) groups is 1. The maximum absolute atomic E-state index is 12.2. The van der Waals surface area contributed by atoms with Crippen molar-refractivity contribution in [3.05, 3.63) is 35.9 Å². The van der Waals surface area contributed by atoms with Crippen LogP contribution in [0.5, 0.6) is 0 Å². The van der Waals surface area contributed by atoms with Gasteiger partial charge >= 0.3 is 107 Å². The number of rotatable bonds is 2. The molecule has 4 nitrogen and oxygen atoms in total. The molecule has 0 saturated heterocycles. The molecular formula is C12H14N2O2Se. The summed E-state index contributed by atoms with van der Waals surface area (Å²) in [5, 5.41) is 1.29. The van der Waals surface area contributed by atoms with Gasteiger partial charge in [0.25, 0.3) is 0 Å². The van der Waals surface area contributed by atoms with E-state index in [1.165, 1.54) is 12.2 Å². The van der Waals surface area contributed by atoms with Crippen molar-refractivity contribution in [3.8, 4) is 0 Å². The molecule has 90 valence electrons. The molecule has 0 aliphatic carbocycles. The summed E-state index contributed by atoms with van der Waals surface area (Å²) < 4.78 is 4.07. The molecule has 0 bridgehead atoms. The fourth-order valence-corrected chi connectivity index (χ4v) is 2.88. The average molecular weight is 297 g/mol. The zero-order valence-electron chi connectivity index (χ0n) is 10.0. The Labute approximate surface area is 107 Å². The first-order valence-corrected chi connectivity index (χ1v) is 6.89. The molecule has 1 aromatic rings. The van der Waals surface area contributed by atoms with Gasteiger partial charge in [-0.3, -0.25) is 0 Å². The third-order valence-electron chi connectivity index (χ3n) is 2.47. The van der Waals surface area contributed by atoms with Crippen LogP contribution >= 0.6 is 0 Å². The van der Waals surface area contributed by atoms with Crippen LogP contribution in [0.4, 0.5) is 0 Å². The summed E-state index contributed by atoms with van der Waals surface area (Å²) in [7, 11) is 1.49. The number of hydrogen-bond donors (Lipinski definition) is 0. The van der Waals surface area contributed by atoms with Gasteiger partial charge < -0.3 is 0 Å². The van der Waals surface area contributed by atoms with Crippen LogP contribution in [0.25, 0.3) is 0 Å². The molecule has 0 atom stereocenters. The van der Waals surface area contributed by atoms with Gasteiger partial charge in [-0.15, -0.1) is 0 Å². The van der Waals surface area contributed by atoms with E-state index in [-0.39, 0.29) is 21.1 Å².